The molecule has 1 aromatic heterocycles. The highest BCUT2D eigenvalue weighted by Crippen LogP contribution is 2.26. The lowest BCUT2D eigenvalue weighted by Gasteiger charge is -2.25. The van der Waals surface area contributed by atoms with Crippen molar-refractivity contribution >= 4 is 21.6 Å². The van der Waals surface area contributed by atoms with Gasteiger partial charge in [-0.3, -0.25) is 9.10 Å². The van der Waals surface area contributed by atoms with Crippen LogP contribution in [-0.2, 0) is 21.4 Å². The highest BCUT2D eigenvalue weighted by atomic mass is 32.2. The highest BCUT2D eigenvalue weighted by Gasteiger charge is 2.24. The average Bonchev–Trinajstić information content (AvgIpc) is 3.20. The number of carbonyl (C=O) groups excluding carboxylic acids is 1. The Hall–Kier alpha value is -3.40. The molecule has 31 heavy (non-hydrogen) atoms. The second-order valence-electron chi connectivity index (χ2n) is 7.03. The number of benzene rings is 2. The van der Waals surface area contributed by atoms with E-state index in [1.165, 1.54) is 0 Å². The van der Waals surface area contributed by atoms with Crippen LogP contribution < -0.4 is 14.4 Å². The number of anilines is 1. The molecule has 3 aromatic rings. The molecule has 0 fully saturated rings. The molecule has 2 aromatic carbocycles. The fourth-order valence-electron chi connectivity index (χ4n) is 3.11. The van der Waals surface area contributed by atoms with Crippen LogP contribution in [-0.4, -0.2) is 44.4 Å². The lowest BCUT2D eigenvalue weighted by Crippen LogP contribution is -2.40. The van der Waals surface area contributed by atoms with Crippen LogP contribution in [0.1, 0.15) is 17.0 Å². The van der Waals surface area contributed by atoms with Gasteiger partial charge in [-0.05, 0) is 49.2 Å². The van der Waals surface area contributed by atoms with Gasteiger partial charge in [-0.25, -0.2) is 8.42 Å². The van der Waals surface area contributed by atoms with Gasteiger partial charge in [0, 0.05) is 5.56 Å². The van der Waals surface area contributed by atoms with Crippen molar-refractivity contribution in [3.05, 3.63) is 59.5 Å². The number of nitrogens with one attached hydrogen (secondary N) is 1. The van der Waals surface area contributed by atoms with E-state index >= 15 is 0 Å². The van der Waals surface area contributed by atoms with Crippen LogP contribution in [0, 0.1) is 13.8 Å². The minimum atomic E-state index is -3.67. The van der Waals surface area contributed by atoms with E-state index in [4.69, 9.17) is 9.26 Å². The lowest BCUT2D eigenvalue weighted by atomic mass is 10.1. The Morgan fingerprint density at radius 3 is 2.35 bits per heavy atom. The zero-order valence-corrected chi connectivity index (χ0v) is 18.6. The molecule has 164 valence electrons. The zero-order valence-electron chi connectivity index (χ0n) is 17.7. The van der Waals surface area contributed by atoms with Crippen molar-refractivity contribution in [2.24, 2.45) is 0 Å². The van der Waals surface area contributed by atoms with Gasteiger partial charge >= 0.3 is 0 Å². The summed E-state index contributed by atoms with van der Waals surface area (Å²) in [5, 5.41) is 6.54. The molecule has 10 heteroatoms. The molecular formula is C21H24N4O5S. The first kappa shape index (κ1) is 22.3. The number of sulfonamides is 1. The zero-order chi connectivity index (χ0) is 22.6. The quantitative estimate of drug-likeness (QED) is 0.567. The van der Waals surface area contributed by atoms with Crippen LogP contribution in [0.3, 0.4) is 0 Å². The van der Waals surface area contributed by atoms with Gasteiger partial charge in [-0.15, -0.1) is 0 Å². The van der Waals surface area contributed by atoms with Crippen molar-refractivity contribution in [1.29, 1.82) is 0 Å². The van der Waals surface area contributed by atoms with Crippen molar-refractivity contribution in [3.63, 3.8) is 0 Å². The molecule has 9 nitrogen and oxygen atoms in total. The summed E-state index contributed by atoms with van der Waals surface area (Å²) in [5.74, 6) is 0.800. The monoisotopic (exact) mass is 444 g/mol. The van der Waals surface area contributed by atoms with E-state index in [9.17, 15) is 13.2 Å². The van der Waals surface area contributed by atoms with E-state index in [1.54, 1.807) is 57.4 Å². The van der Waals surface area contributed by atoms with Crippen molar-refractivity contribution in [3.8, 4) is 17.1 Å². The van der Waals surface area contributed by atoms with Gasteiger partial charge in [0.05, 0.1) is 25.6 Å². The molecule has 1 amide bonds. The predicted octanol–water partition coefficient (Wildman–Crippen LogP) is 2.44. The predicted molar refractivity (Wildman–Crippen MR) is 116 cm³/mol. The largest absolute Gasteiger partial charge is 0.497 e. The maximum absolute atomic E-state index is 12.5. The first-order valence-electron chi connectivity index (χ1n) is 9.46. The Morgan fingerprint density at radius 2 is 1.77 bits per heavy atom. The van der Waals surface area contributed by atoms with E-state index < -0.39 is 15.9 Å². The number of aryl methyl sites for hydroxylation is 2. The molecule has 0 radical (unpaired) electrons. The average molecular weight is 445 g/mol. The maximum atomic E-state index is 12.5. The molecule has 0 spiro atoms. The Labute approximate surface area is 181 Å². The standard InChI is InChI=1S/C21H24N4O5S/c1-14-6-5-7-15(2)20(14)25(31(4,27)28)13-18(26)22-12-19-23-21(24-30-19)16-8-10-17(29-3)11-9-16/h5-11H,12-13H2,1-4H3,(H,22,26). The van der Waals surface area contributed by atoms with Gasteiger partial charge in [-0.1, -0.05) is 23.4 Å². The summed E-state index contributed by atoms with van der Waals surface area (Å²) in [6.45, 7) is 3.23. The summed E-state index contributed by atoms with van der Waals surface area (Å²) >= 11 is 0. The Morgan fingerprint density at radius 1 is 1.13 bits per heavy atom. The number of ether oxygens (including phenoxy) is 1. The third kappa shape index (κ3) is 5.40. The molecule has 0 unspecified atom stereocenters. The first-order chi connectivity index (χ1) is 14.7. The summed E-state index contributed by atoms with van der Waals surface area (Å²) in [7, 11) is -2.09. The molecular weight excluding hydrogens is 420 g/mol. The molecule has 0 aliphatic heterocycles. The van der Waals surface area contributed by atoms with Crippen LogP contribution in [0.15, 0.2) is 47.0 Å². The maximum Gasteiger partial charge on any atom is 0.246 e. The van der Waals surface area contributed by atoms with E-state index in [0.29, 0.717) is 17.3 Å². The summed E-state index contributed by atoms with van der Waals surface area (Å²) in [5.41, 5.74) is 2.76. The van der Waals surface area contributed by atoms with Gasteiger partial charge in [0.15, 0.2) is 0 Å². The molecule has 0 saturated heterocycles. The van der Waals surface area contributed by atoms with Gasteiger partial charge < -0.3 is 14.6 Å². The second-order valence-corrected chi connectivity index (χ2v) is 8.93. The molecule has 0 aliphatic carbocycles. The van der Waals surface area contributed by atoms with Crippen LogP contribution in [0.5, 0.6) is 5.75 Å². The van der Waals surface area contributed by atoms with Crippen molar-refractivity contribution in [1.82, 2.24) is 15.5 Å². The van der Waals surface area contributed by atoms with Crippen molar-refractivity contribution in [2.75, 3.05) is 24.2 Å². The van der Waals surface area contributed by atoms with E-state index in [2.05, 4.69) is 15.5 Å². The molecule has 0 atom stereocenters. The number of hydrogen-bond acceptors (Lipinski definition) is 7. The lowest BCUT2D eigenvalue weighted by molar-refractivity contribution is -0.119. The first-order valence-corrected chi connectivity index (χ1v) is 11.3. The SMILES string of the molecule is COc1ccc(-c2noc(CNC(=O)CN(c3c(C)cccc3C)S(C)(=O)=O)n2)cc1. The smallest absolute Gasteiger partial charge is 0.246 e. The van der Waals surface area contributed by atoms with Gasteiger partial charge in [-0.2, -0.15) is 4.98 Å². The van der Waals surface area contributed by atoms with Gasteiger partial charge in [0.2, 0.25) is 27.6 Å². The molecule has 1 N–H and O–H groups in total. The Kier molecular flexibility index (Phi) is 6.59. The number of nitrogens with zero attached hydrogens (tertiary/aromatic N) is 3. The fourth-order valence-corrected chi connectivity index (χ4v) is 4.08. The third-order valence-corrected chi connectivity index (χ3v) is 5.74. The van der Waals surface area contributed by atoms with Gasteiger partial charge in [0.1, 0.15) is 12.3 Å². The topological polar surface area (TPSA) is 115 Å². The highest BCUT2D eigenvalue weighted by molar-refractivity contribution is 7.92. The molecule has 0 aliphatic rings. The number of carbonyl (C=O) groups is 1. The number of aromatic nitrogens is 2. The van der Waals surface area contributed by atoms with Crippen LogP contribution >= 0.6 is 0 Å². The Bertz CT molecular complexity index is 1150. The molecule has 3 rings (SSSR count). The van der Waals surface area contributed by atoms with Crippen molar-refractivity contribution < 1.29 is 22.5 Å². The normalized spacial score (nSPS) is 11.2. The van der Waals surface area contributed by atoms with Crippen molar-refractivity contribution in [2.45, 2.75) is 20.4 Å². The molecule has 0 bridgehead atoms. The minimum absolute atomic E-state index is 0.0215. The summed E-state index contributed by atoms with van der Waals surface area (Å²) in [6.07, 6.45) is 1.07. The van der Waals surface area contributed by atoms with E-state index in [1.807, 2.05) is 6.07 Å². The number of para-hydroxylation sites is 1. The number of hydrogen-bond donors (Lipinski definition) is 1. The molecule has 0 saturated carbocycles. The second kappa shape index (κ2) is 9.17. The summed E-state index contributed by atoms with van der Waals surface area (Å²) < 4.78 is 36.1. The molecule has 1 heterocycles. The summed E-state index contributed by atoms with van der Waals surface area (Å²) in [6, 6.07) is 12.6. The minimum Gasteiger partial charge on any atom is -0.497 e. The number of methoxy groups -OCH3 is 1. The van der Waals surface area contributed by atoms with E-state index in [0.717, 1.165) is 27.3 Å². The summed E-state index contributed by atoms with van der Waals surface area (Å²) in [4.78, 5) is 16.8. The Balaban J connectivity index is 1.68. The van der Waals surface area contributed by atoms with Crippen LogP contribution in [0.4, 0.5) is 5.69 Å². The van der Waals surface area contributed by atoms with Gasteiger partial charge in [0.25, 0.3) is 0 Å². The van der Waals surface area contributed by atoms with Crippen LogP contribution in [0.2, 0.25) is 0 Å². The third-order valence-electron chi connectivity index (χ3n) is 4.63. The number of amides is 1. The fraction of sp³-hybridized carbons (Fsp3) is 0.286. The van der Waals surface area contributed by atoms with E-state index in [-0.39, 0.29) is 19.0 Å². The number of rotatable bonds is 8. The van der Waals surface area contributed by atoms with Crippen LogP contribution in [0.25, 0.3) is 11.4 Å².